The van der Waals surface area contributed by atoms with E-state index in [9.17, 15) is 9.59 Å². The maximum Gasteiger partial charge on any atom is 1.00 e. The van der Waals surface area contributed by atoms with Crippen molar-refractivity contribution < 1.29 is 39.1 Å². The van der Waals surface area contributed by atoms with Gasteiger partial charge in [-0.15, -0.1) is 0 Å². The van der Waals surface area contributed by atoms with Crippen LogP contribution in [0, 0.1) is 17.3 Å². The molecule has 0 bridgehead atoms. The number of hydrogen-bond donors (Lipinski definition) is 2. The number of thiocarbonyl (C=S) groups is 1. The summed E-state index contributed by atoms with van der Waals surface area (Å²) >= 11 is 4.80. The van der Waals surface area contributed by atoms with E-state index in [1.807, 2.05) is 27.7 Å². The summed E-state index contributed by atoms with van der Waals surface area (Å²) in [5.41, 5.74) is -0.990. The normalized spacial score (nSPS) is 18.8. The van der Waals surface area contributed by atoms with E-state index < -0.39 is 5.41 Å². The van der Waals surface area contributed by atoms with Crippen LogP contribution in [0.15, 0.2) is 0 Å². The number of carbonyl (C=O) groups excluding carboxylic acids is 2. The Hall–Kier alpha value is 0.0300. The standard InChI is InChI=1S/C11H18N2O2S.Na/c1-6(2)5-11(7(3)4)8(14)12-10(16)13-9(11)15;/h6-7H,5H2,1-4H3,(H2,12,13,14,15,16);/q;+1. The van der Waals surface area contributed by atoms with Crippen molar-refractivity contribution in [2.24, 2.45) is 17.3 Å². The van der Waals surface area contributed by atoms with E-state index in [1.165, 1.54) is 0 Å². The molecule has 0 aromatic carbocycles. The van der Waals surface area contributed by atoms with E-state index >= 15 is 0 Å². The Balaban J connectivity index is 0.00000256. The van der Waals surface area contributed by atoms with Gasteiger partial charge in [0.25, 0.3) is 0 Å². The molecule has 0 spiro atoms. The summed E-state index contributed by atoms with van der Waals surface area (Å²) in [6.07, 6.45) is 0.533. The summed E-state index contributed by atoms with van der Waals surface area (Å²) in [5, 5.41) is 5.20. The fourth-order valence-electron chi connectivity index (χ4n) is 2.15. The van der Waals surface area contributed by atoms with Crippen molar-refractivity contribution in [3.63, 3.8) is 0 Å². The minimum absolute atomic E-state index is 0. The smallest absolute Gasteiger partial charge is 0.302 e. The zero-order valence-electron chi connectivity index (χ0n) is 11.1. The van der Waals surface area contributed by atoms with Crippen LogP contribution in [0.2, 0.25) is 0 Å². The van der Waals surface area contributed by atoms with Crippen molar-refractivity contribution in [1.29, 1.82) is 0 Å². The van der Waals surface area contributed by atoms with Gasteiger partial charge in [-0.2, -0.15) is 0 Å². The summed E-state index contributed by atoms with van der Waals surface area (Å²) in [6.45, 7) is 7.76. The first kappa shape index (κ1) is 17.0. The van der Waals surface area contributed by atoms with Crippen LogP contribution in [0.25, 0.3) is 0 Å². The third-order valence-electron chi connectivity index (χ3n) is 2.98. The Bertz CT molecular complexity index is 322. The Kier molecular flexibility index (Phi) is 6.28. The number of nitrogens with one attached hydrogen (secondary N) is 2. The van der Waals surface area contributed by atoms with Gasteiger partial charge in [-0.1, -0.05) is 27.7 Å². The van der Waals surface area contributed by atoms with Gasteiger partial charge in [0, 0.05) is 0 Å². The maximum absolute atomic E-state index is 12.1. The number of carbonyl (C=O) groups is 2. The van der Waals surface area contributed by atoms with E-state index in [2.05, 4.69) is 10.6 Å². The predicted octanol–water partition coefficient (Wildman–Crippen LogP) is -1.79. The van der Waals surface area contributed by atoms with Crippen LogP contribution in [0.5, 0.6) is 0 Å². The second kappa shape index (κ2) is 6.27. The average Bonchev–Trinajstić information content (AvgIpc) is 2.10. The molecular weight excluding hydrogens is 247 g/mol. The molecule has 17 heavy (non-hydrogen) atoms. The molecule has 0 radical (unpaired) electrons. The maximum atomic E-state index is 12.1. The summed E-state index contributed by atoms with van der Waals surface area (Å²) in [6, 6.07) is 0. The summed E-state index contributed by atoms with van der Waals surface area (Å²) in [4.78, 5) is 24.1. The van der Waals surface area contributed by atoms with E-state index in [-0.39, 0.29) is 58.3 Å². The van der Waals surface area contributed by atoms with Gasteiger partial charge in [-0.05, 0) is 30.5 Å². The molecule has 1 fully saturated rings. The van der Waals surface area contributed by atoms with E-state index in [0.29, 0.717) is 6.42 Å². The molecular formula is C11H18N2NaO2S+. The Labute approximate surface area is 130 Å². The van der Waals surface area contributed by atoms with Gasteiger partial charge < -0.3 is 10.6 Å². The molecule has 1 aliphatic heterocycles. The second-order valence-electron chi connectivity index (χ2n) is 4.96. The van der Waals surface area contributed by atoms with Crippen molar-refractivity contribution in [2.75, 3.05) is 0 Å². The van der Waals surface area contributed by atoms with Crippen LogP contribution < -0.4 is 40.2 Å². The minimum atomic E-state index is -0.990. The zero-order valence-corrected chi connectivity index (χ0v) is 13.9. The third-order valence-corrected chi connectivity index (χ3v) is 3.18. The quantitative estimate of drug-likeness (QED) is 0.360. The molecule has 0 aliphatic carbocycles. The molecule has 0 unspecified atom stereocenters. The van der Waals surface area contributed by atoms with Gasteiger partial charge in [0.1, 0.15) is 5.41 Å². The molecule has 4 nitrogen and oxygen atoms in total. The molecule has 1 heterocycles. The van der Waals surface area contributed by atoms with Crippen LogP contribution in [0.4, 0.5) is 0 Å². The summed E-state index contributed by atoms with van der Waals surface area (Å²) in [7, 11) is 0. The van der Waals surface area contributed by atoms with Gasteiger partial charge >= 0.3 is 29.6 Å². The fourth-order valence-corrected chi connectivity index (χ4v) is 2.34. The van der Waals surface area contributed by atoms with Crippen LogP contribution in [-0.2, 0) is 9.59 Å². The molecule has 1 rings (SSSR count). The minimum Gasteiger partial charge on any atom is -0.302 e. The van der Waals surface area contributed by atoms with Gasteiger partial charge in [0.2, 0.25) is 11.8 Å². The first-order chi connectivity index (χ1) is 7.30. The van der Waals surface area contributed by atoms with Crippen molar-refractivity contribution in [2.45, 2.75) is 34.1 Å². The first-order valence-electron chi connectivity index (χ1n) is 5.47. The fraction of sp³-hybridized carbons (Fsp3) is 0.727. The summed E-state index contributed by atoms with van der Waals surface area (Å²) in [5.74, 6) is -0.335. The van der Waals surface area contributed by atoms with Gasteiger partial charge in [-0.3, -0.25) is 9.59 Å². The van der Waals surface area contributed by atoms with Gasteiger partial charge in [0.15, 0.2) is 5.11 Å². The largest absolute Gasteiger partial charge is 1.00 e. The molecule has 1 saturated heterocycles. The average molecular weight is 265 g/mol. The zero-order chi connectivity index (χ0) is 12.5. The molecule has 90 valence electrons. The van der Waals surface area contributed by atoms with Crippen molar-refractivity contribution in [1.82, 2.24) is 10.6 Å². The second-order valence-corrected chi connectivity index (χ2v) is 5.37. The van der Waals surface area contributed by atoms with Crippen LogP contribution in [-0.4, -0.2) is 16.9 Å². The Morgan fingerprint density at radius 1 is 1.12 bits per heavy atom. The monoisotopic (exact) mass is 265 g/mol. The molecule has 6 heteroatoms. The molecule has 2 amide bonds. The first-order valence-corrected chi connectivity index (χ1v) is 5.88. The van der Waals surface area contributed by atoms with Crippen LogP contribution in [0.3, 0.4) is 0 Å². The summed E-state index contributed by atoms with van der Waals surface area (Å²) < 4.78 is 0. The number of hydrogen-bond acceptors (Lipinski definition) is 3. The van der Waals surface area contributed by atoms with E-state index in [0.717, 1.165) is 0 Å². The number of amides is 2. The van der Waals surface area contributed by atoms with E-state index in [1.54, 1.807) is 0 Å². The molecule has 0 aromatic rings. The van der Waals surface area contributed by atoms with Crippen LogP contribution >= 0.6 is 12.2 Å². The van der Waals surface area contributed by atoms with Gasteiger partial charge in [0.05, 0.1) is 0 Å². The van der Waals surface area contributed by atoms with Crippen molar-refractivity contribution >= 4 is 29.1 Å². The van der Waals surface area contributed by atoms with Crippen LogP contribution in [0.1, 0.15) is 34.1 Å². The van der Waals surface area contributed by atoms with E-state index in [4.69, 9.17) is 12.2 Å². The molecule has 1 aliphatic rings. The number of rotatable bonds is 3. The predicted molar refractivity (Wildman–Crippen MR) is 65.6 cm³/mol. The third kappa shape index (κ3) is 3.28. The molecule has 2 N–H and O–H groups in total. The van der Waals surface area contributed by atoms with Crippen molar-refractivity contribution in [3.8, 4) is 0 Å². The molecule has 0 saturated carbocycles. The Morgan fingerprint density at radius 2 is 1.53 bits per heavy atom. The Morgan fingerprint density at radius 3 is 1.82 bits per heavy atom. The molecule has 0 aromatic heterocycles. The molecule has 0 atom stereocenters. The van der Waals surface area contributed by atoms with Gasteiger partial charge in [-0.25, -0.2) is 0 Å². The van der Waals surface area contributed by atoms with Crippen molar-refractivity contribution in [3.05, 3.63) is 0 Å². The topological polar surface area (TPSA) is 58.2 Å². The SMILES string of the molecule is CC(C)CC1(C(C)C)C(=O)NC(=S)NC1=O.[Na+].